The van der Waals surface area contributed by atoms with Crippen molar-refractivity contribution in [2.75, 3.05) is 24.6 Å². The van der Waals surface area contributed by atoms with E-state index in [1.807, 2.05) is 19.1 Å². The molecule has 0 aromatic carbocycles. The van der Waals surface area contributed by atoms with Crippen molar-refractivity contribution in [3.05, 3.63) is 23.9 Å². The molecule has 4 heteroatoms. The summed E-state index contributed by atoms with van der Waals surface area (Å²) >= 11 is 0. The third kappa shape index (κ3) is 3.00. The molecule has 4 nitrogen and oxygen atoms in total. The van der Waals surface area contributed by atoms with Crippen molar-refractivity contribution in [2.24, 2.45) is 0 Å². The van der Waals surface area contributed by atoms with E-state index in [0.29, 0.717) is 6.10 Å². The van der Waals surface area contributed by atoms with Crippen LogP contribution in [-0.4, -0.2) is 35.9 Å². The van der Waals surface area contributed by atoms with Gasteiger partial charge in [-0.05, 0) is 32.8 Å². The number of ether oxygens (including phenoxy) is 1. The number of aliphatic hydroxyl groups is 1. The molecule has 1 aliphatic rings. The number of hydrogen-bond donors (Lipinski definition) is 1. The first kappa shape index (κ1) is 13.3. The molecule has 1 fully saturated rings. The minimum atomic E-state index is -0.474. The van der Waals surface area contributed by atoms with Crippen LogP contribution in [0.2, 0.25) is 0 Å². The number of aromatic nitrogens is 1. The van der Waals surface area contributed by atoms with Gasteiger partial charge < -0.3 is 14.7 Å². The van der Waals surface area contributed by atoms with E-state index in [-0.39, 0.29) is 0 Å². The molecule has 2 rings (SSSR count). The highest BCUT2D eigenvalue weighted by Crippen LogP contribution is 2.26. The van der Waals surface area contributed by atoms with Crippen LogP contribution in [0.25, 0.3) is 0 Å². The van der Waals surface area contributed by atoms with Crippen LogP contribution >= 0.6 is 0 Å². The van der Waals surface area contributed by atoms with Crippen molar-refractivity contribution in [3.63, 3.8) is 0 Å². The number of nitrogens with zero attached hydrogens (tertiary/aromatic N) is 2. The molecule has 1 saturated heterocycles. The van der Waals surface area contributed by atoms with Crippen LogP contribution in [0, 0.1) is 0 Å². The standard InChI is InChI=1S/C14H22N2O2/c1-3-18-12-6-9-16(10-7-12)14-13(11(2)17)5-4-8-15-14/h4-5,8,11-12,17H,3,6-7,9-10H2,1-2H3/t11-/m1/s1. The number of piperidine rings is 1. The van der Waals surface area contributed by atoms with Crippen molar-refractivity contribution in [1.29, 1.82) is 0 Å². The second-order valence-electron chi connectivity index (χ2n) is 4.73. The summed E-state index contributed by atoms with van der Waals surface area (Å²) in [6, 6.07) is 3.82. The highest BCUT2D eigenvalue weighted by Gasteiger charge is 2.22. The van der Waals surface area contributed by atoms with Crippen LogP contribution in [0.5, 0.6) is 0 Å². The predicted octanol–water partition coefficient (Wildman–Crippen LogP) is 2.14. The molecular formula is C14H22N2O2. The molecule has 18 heavy (non-hydrogen) atoms. The molecule has 1 aromatic rings. The quantitative estimate of drug-likeness (QED) is 0.889. The average Bonchev–Trinajstić information content (AvgIpc) is 2.40. The molecule has 0 amide bonds. The van der Waals surface area contributed by atoms with E-state index >= 15 is 0 Å². The second kappa shape index (κ2) is 6.16. The molecule has 1 aromatic heterocycles. The van der Waals surface area contributed by atoms with E-state index in [1.165, 1.54) is 0 Å². The molecule has 0 aliphatic carbocycles. The molecule has 1 atom stereocenters. The molecule has 0 spiro atoms. The minimum absolute atomic E-state index is 0.380. The Bertz CT molecular complexity index is 374. The zero-order chi connectivity index (χ0) is 13.0. The zero-order valence-electron chi connectivity index (χ0n) is 11.2. The molecule has 0 radical (unpaired) electrons. The van der Waals surface area contributed by atoms with E-state index in [0.717, 1.165) is 43.9 Å². The zero-order valence-corrected chi connectivity index (χ0v) is 11.2. The normalized spacial score (nSPS) is 18.9. The van der Waals surface area contributed by atoms with E-state index in [4.69, 9.17) is 4.74 Å². The highest BCUT2D eigenvalue weighted by atomic mass is 16.5. The fourth-order valence-corrected chi connectivity index (χ4v) is 2.47. The number of anilines is 1. The fraction of sp³-hybridized carbons (Fsp3) is 0.643. The van der Waals surface area contributed by atoms with Gasteiger partial charge in [-0.2, -0.15) is 0 Å². The molecule has 0 bridgehead atoms. The van der Waals surface area contributed by atoms with Crippen molar-refractivity contribution >= 4 is 5.82 Å². The topological polar surface area (TPSA) is 45.6 Å². The van der Waals surface area contributed by atoms with Gasteiger partial charge >= 0.3 is 0 Å². The second-order valence-corrected chi connectivity index (χ2v) is 4.73. The Kier molecular flexibility index (Phi) is 4.55. The lowest BCUT2D eigenvalue weighted by atomic mass is 10.1. The Morgan fingerprint density at radius 1 is 1.50 bits per heavy atom. The van der Waals surface area contributed by atoms with Gasteiger partial charge in [0.05, 0.1) is 12.2 Å². The van der Waals surface area contributed by atoms with Gasteiger partial charge in [-0.3, -0.25) is 0 Å². The Morgan fingerprint density at radius 3 is 2.83 bits per heavy atom. The smallest absolute Gasteiger partial charge is 0.134 e. The summed E-state index contributed by atoms with van der Waals surface area (Å²) in [5.41, 5.74) is 0.910. The summed E-state index contributed by atoms with van der Waals surface area (Å²) in [7, 11) is 0. The van der Waals surface area contributed by atoms with Crippen molar-refractivity contribution in [3.8, 4) is 0 Å². The number of rotatable bonds is 4. The van der Waals surface area contributed by atoms with Gasteiger partial charge in [0.25, 0.3) is 0 Å². The predicted molar refractivity (Wildman–Crippen MR) is 71.7 cm³/mol. The SMILES string of the molecule is CCOC1CCN(c2ncccc2[C@@H](C)O)CC1. The van der Waals surface area contributed by atoms with Crippen molar-refractivity contribution in [1.82, 2.24) is 4.98 Å². The van der Waals surface area contributed by atoms with Crippen LogP contribution in [-0.2, 0) is 4.74 Å². The van der Waals surface area contributed by atoms with Gasteiger partial charge in [0.2, 0.25) is 0 Å². The third-order valence-electron chi connectivity index (χ3n) is 3.41. The average molecular weight is 250 g/mol. The van der Waals surface area contributed by atoms with Crippen LogP contribution < -0.4 is 4.90 Å². The Labute approximate surface area is 109 Å². The fourth-order valence-electron chi connectivity index (χ4n) is 2.47. The first-order chi connectivity index (χ1) is 8.72. The Hall–Kier alpha value is -1.13. The van der Waals surface area contributed by atoms with Gasteiger partial charge in [-0.15, -0.1) is 0 Å². The van der Waals surface area contributed by atoms with Gasteiger partial charge in [-0.1, -0.05) is 6.07 Å². The molecule has 1 aliphatic heterocycles. The van der Waals surface area contributed by atoms with Crippen molar-refractivity contribution in [2.45, 2.75) is 38.9 Å². The third-order valence-corrected chi connectivity index (χ3v) is 3.41. The summed E-state index contributed by atoms with van der Waals surface area (Å²) in [6.07, 6.45) is 3.76. The van der Waals surface area contributed by atoms with E-state index < -0.39 is 6.10 Å². The summed E-state index contributed by atoms with van der Waals surface area (Å²) in [5, 5.41) is 9.78. The maximum atomic E-state index is 9.78. The number of pyridine rings is 1. The van der Waals surface area contributed by atoms with E-state index in [1.54, 1.807) is 13.1 Å². The summed E-state index contributed by atoms with van der Waals surface area (Å²) in [4.78, 5) is 6.67. The van der Waals surface area contributed by atoms with Crippen molar-refractivity contribution < 1.29 is 9.84 Å². The number of hydrogen-bond acceptors (Lipinski definition) is 4. The largest absolute Gasteiger partial charge is 0.389 e. The maximum absolute atomic E-state index is 9.78. The maximum Gasteiger partial charge on any atom is 0.134 e. The van der Waals surface area contributed by atoms with Crippen LogP contribution in [0.1, 0.15) is 38.4 Å². The first-order valence-corrected chi connectivity index (χ1v) is 6.72. The van der Waals surface area contributed by atoms with Crippen LogP contribution in [0.3, 0.4) is 0 Å². The minimum Gasteiger partial charge on any atom is -0.389 e. The van der Waals surface area contributed by atoms with Crippen LogP contribution in [0.4, 0.5) is 5.82 Å². The molecule has 1 N–H and O–H groups in total. The highest BCUT2D eigenvalue weighted by molar-refractivity contribution is 5.48. The van der Waals surface area contributed by atoms with Gasteiger partial charge in [-0.25, -0.2) is 4.98 Å². The molecule has 100 valence electrons. The van der Waals surface area contributed by atoms with Crippen LogP contribution in [0.15, 0.2) is 18.3 Å². The Balaban J connectivity index is 2.05. The Morgan fingerprint density at radius 2 is 2.22 bits per heavy atom. The lowest BCUT2D eigenvalue weighted by Gasteiger charge is -2.33. The van der Waals surface area contributed by atoms with E-state index in [9.17, 15) is 5.11 Å². The van der Waals surface area contributed by atoms with E-state index in [2.05, 4.69) is 9.88 Å². The van der Waals surface area contributed by atoms with Gasteiger partial charge in [0, 0.05) is 31.5 Å². The lowest BCUT2D eigenvalue weighted by Crippen LogP contribution is -2.38. The lowest BCUT2D eigenvalue weighted by molar-refractivity contribution is 0.0457. The molecule has 2 heterocycles. The van der Waals surface area contributed by atoms with Gasteiger partial charge in [0.15, 0.2) is 0 Å². The summed E-state index contributed by atoms with van der Waals surface area (Å²) in [5.74, 6) is 0.919. The monoisotopic (exact) mass is 250 g/mol. The molecular weight excluding hydrogens is 228 g/mol. The molecule has 0 saturated carbocycles. The summed E-state index contributed by atoms with van der Waals surface area (Å²) < 4.78 is 5.65. The van der Waals surface area contributed by atoms with Gasteiger partial charge in [0.1, 0.15) is 5.82 Å². The number of aliphatic hydroxyl groups excluding tert-OH is 1. The summed E-state index contributed by atoms with van der Waals surface area (Å²) in [6.45, 7) is 6.50. The first-order valence-electron chi connectivity index (χ1n) is 6.72. The molecule has 0 unspecified atom stereocenters.